The number of aliphatic carboxylic acids is 1. The van der Waals surface area contributed by atoms with Crippen LogP contribution in [0.4, 0.5) is 0 Å². The molecule has 5 rings (SSSR count). The number of carbonyl (C=O) groups excluding carboxylic acids is 1. The molecule has 0 aromatic rings. The van der Waals surface area contributed by atoms with Gasteiger partial charge in [-0.25, -0.2) is 0 Å². The Morgan fingerprint density at radius 1 is 1.10 bits per heavy atom. The summed E-state index contributed by atoms with van der Waals surface area (Å²) in [5.74, 6) is 0.772. The van der Waals surface area contributed by atoms with Crippen molar-refractivity contribution in [2.24, 2.45) is 39.7 Å². The Kier molecular flexibility index (Phi) is 7.92. The van der Waals surface area contributed by atoms with E-state index in [1.807, 2.05) is 13.8 Å². The van der Waals surface area contributed by atoms with Gasteiger partial charge in [0, 0.05) is 12.6 Å². The zero-order valence-corrected chi connectivity index (χ0v) is 24.2. The second kappa shape index (κ2) is 10.8. The van der Waals surface area contributed by atoms with Gasteiger partial charge in [0.15, 0.2) is 6.61 Å². The highest BCUT2D eigenvalue weighted by atomic mass is 16.6. The normalized spacial score (nSPS) is 41.0. The lowest BCUT2D eigenvalue weighted by molar-refractivity contribution is -0.139. The van der Waals surface area contributed by atoms with Crippen LogP contribution in [-0.4, -0.2) is 58.8 Å². The monoisotopic (exact) mass is 544 g/mol. The van der Waals surface area contributed by atoms with Gasteiger partial charge in [-0.1, -0.05) is 24.6 Å². The molecule has 1 amide bonds. The van der Waals surface area contributed by atoms with Crippen LogP contribution in [0.3, 0.4) is 0 Å². The van der Waals surface area contributed by atoms with Crippen LogP contribution < -0.4 is 5.32 Å². The smallest absolute Gasteiger partial charge is 0.305 e. The highest BCUT2D eigenvalue weighted by molar-refractivity contribution is 5.96. The zero-order chi connectivity index (χ0) is 28.0. The van der Waals surface area contributed by atoms with Gasteiger partial charge < -0.3 is 25.1 Å². The van der Waals surface area contributed by atoms with Crippen molar-refractivity contribution in [3.8, 4) is 0 Å². The Labute approximate surface area is 233 Å². The number of hydrogen-bond acceptors (Lipinski definition) is 6. The molecule has 0 unspecified atom stereocenters. The van der Waals surface area contributed by atoms with Crippen LogP contribution in [-0.2, 0) is 19.2 Å². The number of aliphatic hydroxyl groups is 1. The van der Waals surface area contributed by atoms with E-state index in [0.717, 1.165) is 50.7 Å². The molecule has 3 N–H and O–H groups in total. The van der Waals surface area contributed by atoms with Gasteiger partial charge in [0.2, 0.25) is 0 Å². The van der Waals surface area contributed by atoms with E-state index in [9.17, 15) is 19.8 Å². The van der Waals surface area contributed by atoms with Crippen LogP contribution in [0, 0.1) is 34.5 Å². The van der Waals surface area contributed by atoms with E-state index >= 15 is 0 Å². The molecule has 0 spiro atoms. The molecule has 0 bridgehead atoms. The molecular formula is C31H48N2O6. The Bertz CT molecular complexity index is 1020. The van der Waals surface area contributed by atoms with Gasteiger partial charge in [0.25, 0.3) is 5.91 Å². The third kappa shape index (κ3) is 5.65. The van der Waals surface area contributed by atoms with Crippen molar-refractivity contribution in [2.45, 2.75) is 116 Å². The average Bonchev–Trinajstić information content (AvgIpc) is 3.17. The molecular weight excluding hydrogens is 496 g/mol. The molecule has 0 radical (unpaired) electrons. The second-order valence-corrected chi connectivity index (χ2v) is 14.1. The van der Waals surface area contributed by atoms with E-state index in [1.165, 1.54) is 18.4 Å². The van der Waals surface area contributed by atoms with Gasteiger partial charge in [-0.2, -0.15) is 0 Å². The summed E-state index contributed by atoms with van der Waals surface area (Å²) in [7, 11) is 0. The Morgan fingerprint density at radius 2 is 1.90 bits per heavy atom. The van der Waals surface area contributed by atoms with Gasteiger partial charge in [0.05, 0.1) is 23.8 Å². The number of nitrogens with zero attached hydrogens (tertiary/aromatic N) is 1. The van der Waals surface area contributed by atoms with E-state index in [4.69, 9.17) is 9.57 Å². The summed E-state index contributed by atoms with van der Waals surface area (Å²) in [5, 5.41) is 27.3. The topological polar surface area (TPSA) is 117 Å². The maximum atomic E-state index is 12.7. The standard InChI is InChI=1S/C31H48N2O6/c1-29(2)17-19(11-14-38-29)25(16-28(36)37)32-27(35)18-39-33-21-9-12-30(3)20(15-21)5-6-22-23-7-8-26(34)31(23,4)13-10-24(22)30/h15,19,22-26,34H,5-14,16-18H2,1-4H3,(H,32,35)(H,36,37)/b33-21-/t19-,22-,23-,24+,25+,26-,30+,31+/m1/s1. The van der Waals surface area contributed by atoms with Crippen molar-refractivity contribution in [2.75, 3.05) is 13.2 Å². The van der Waals surface area contributed by atoms with Crippen molar-refractivity contribution >= 4 is 17.6 Å². The third-order valence-corrected chi connectivity index (χ3v) is 11.3. The minimum atomic E-state index is -0.927. The van der Waals surface area contributed by atoms with Gasteiger partial charge in [-0.15, -0.1) is 0 Å². The first-order valence-corrected chi connectivity index (χ1v) is 15.1. The molecule has 5 aliphatic rings. The minimum absolute atomic E-state index is 0.0427. The van der Waals surface area contributed by atoms with Crippen LogP contribution in [0.5, 0.6) is 0 Å². The maximum Gasteiger partial charge on any atom is 0.305 e. The van der Waals surface area contributed by atoms with Crippen molar-refractivity contribution in [3.05, 3.63) is 11.6 Å². The van der Waals surface area contributed by atoms with Crippen LogP contribution in [0.1, 0.15) is 98.3 Å². The van der Waals surface area contributed by atoms with Crippen LogP contribution in [0.15, 0.2) is 16.8 Å². The average molecular weight is 545 g/mol. The summed E-state index contributed by atoms with van der Waals surface area (Å²) in [6.07, 6.45) is 11.9. The summed E-state index contributed by atoms with van der Waals surface area (Å²) >= 11 is 0. The number of aliphatic hydroxyl groups excluding tert-OH is 1. The number of allylic oxidation sites excluding steroid dienone is 2. The predicted octanol–water partition coefficient (Wildman–Crippen LogP) is 4.85. The van der Waals surface area contributed by atoms with Crippen LogP contribution in [0.25, 0.3) is 0 Å². The SMILES string of the molecule is CC1(C)C[C@H]([C@H](CC(=O)O)NC(=O)CO/N=C2\C=C3CC[C@@H]4[C@H]5CC[C@@H](O)[C@@]5(C)CC[C@@H]4[C@@]3(C)CC2)CCO1. The largest absolute Gasteiger partial charge is 0.481 e. The summed E-state index contributed by atoms with van der Waals surface area (Å²) < 4.78 is 5.77. The highest BCUT2D eigenvalue weighted by Gasteiger charge is 2.58. The lowest BCUT2D eigenvalue weighted by Gasteiger charge is -2.57. The van der Waals surface area contributed by atoms with Gasteiger partial charge in [-0.3, -0.25) is 9.59 Å². The molecule has 8 heteroatoms. The molecule has 1 saturated heterocycles. The van der Waals surface area contributed by atoms with Gasteiger partial charge >= 0.3 is 5.97 Å². The first-order valence-electron chi connectivity index (χ1n) is 15.1. The fourth-order valence-corrected chi connectivity index (χ4v) is 9.18. The molecule has 218 valence electrons. The molecule has 4 fully saturated rings. The van der Waals surface area contributed by atoms with Crippen molar-refractivity contribution in [1.29, 1.82) is 0 Å². The Hall–Kier alpha value is -1.93. The number of carboxylic acid groups (broad SMARTS) is 1. The molecule has 3 saturated carbocycles. The number of hydrogen-bond donors (Lipinski definition) is 3. The number of carbonyl (C=O) groups is 2. The zero-order valence-electron chi connectivity index (χ0n) is 24.2. The quantitative estimate of drug-likeness (QED) is 0.395. The van der Waals surface area contributed by atoms with Crippen molar-refractivity contribution in [3.63, 3.8) is 0 Å². The summed E-state index contributed by atoms with van der Waals surface area (Å²) in [5.41, 5.74) is 2.30. The summed E-state index contributed by atoms with van der Waals surface area (Å²) in [6, 6.07) is -0.458. The maximum absolute atomic E-state index is 12.7. The lowest BCUT2D eigenvalue weighted by atomic mass is 9.47. The van der Waals surface area contributed by atoms with E-state index in [0.29, 0.717) is 30.8 Å². The fraction of sp³-hybridized carbons (Fsp3) is 0.839. The number of nitrogens with one attached hydrogen (secondary N) is 1. The van der Waals surface area contributed by atoms with Crippen LogP contribution in [0.2, 0.25) is 0 Å². The lowest BCUT2D eigenvalue weighted by Crippen LogP contribution is -2.51. The minimum Gasteiger partial charge on any atom is -0.481 e. The van der Waals surface area contributed by atoms with Gasteiger partial charge in [0.1, 0.15) is 0 Å². The van der Waals surface area contributed by atoms with Crippen LogP contribution >= 0.6 is 0 Å². The van der Waals surface area contributed by atoms with E-state index < -0.39 is 12.0 Å². The predicted molar refractivity (Wildman–Crippen MR) is 148 cm³/mol. The number of ether oxygens (including phenoxy) is 1. The van der Waals surface area contributed by atoms with Crippen molar-refractivity contribution < 1.29 is 29.4 Å². The van der Waals surface area contributed by atoms with E-state index in [1.54, 1.807) is 0 Å². The molecule has 8 atom stereocenters. The van der Waals surface area contributed by atoms with Gasteiger partial charge in [-0.05, 0) is 119 Å². The summed E-state index contributed by atoms with van der Waals surface area (Å²) in [4.78, 5) is 29.7. The molecule has 4 aliphatic carbocycles. The van der Waals surface area contributed by atoms with Crippen molar-refractivity contribution in [1.82, 2.24) is 5.32 Å². The number of fused-ring (bicyclic) bond motifs is 5. The second-order valence-electron chi connectivity index (χ2n) is 14.1. The molecule has 0 aromatic carbocycles. The third-order valence-electron chi connectivity index (χ3n) is 11.3. The molecule has 1 heterocycles. The molecule has 39 heavy (non-hydrogen) atoms. The fourth-order valence-electron chi connectivity index (χ4n) is 9.18. The molecule has 0 aromatic heterocycles. The number of oxime groups is 1. The number of carboxylic acids is 1. The van der Waals surface area contributed by atoms with E-state index in [2.05, 4.69) is 30.4 Å². The number of rotatable bonds is 7. The number of amides is 1. The Morgan fingerprint density at radius 3 is 2.64 bits per heavy atom. The van der Waals surface area contributed by atoms with E-state index in [-0.39, 0.29) is 47.4 Å². The molecule has 8 nitrogen and oxygen atoms in total. The molecule has 1 aliphatic heterocycles. The highest BCUT2D eigenvalue weighted by Crippen LogP contribution is 2.65. The summed E-state index contributed by atoms with van der Waals surface area (Å²) in [6.45, 7) is 9.10. The first kappa shape index (κ1) is 28.6. The Balaban J connectivity index is 1.18. The first-order chi connectivity index (χ1) is 18.4.